The molecule has 1 saturated heterocycles. The minimum atomic E-state index is -3.84. The van der Waals surface area contributed by atoms with Gasteiger partial charge >= 0.3 is 0 Å². The summed E-state index contributed by atoms with van der Waals surface area (Å²) in [5, 5.41) is 11.3. The van der Waals surface area contributed by atoms with Crippen LogP contribution in [0.15, 0.2) is 42.5 Å². The molecular weight excluding hydrogens is 874 g/mol. The number of pyridine rings is 1. The van der Waals surface area contributed by atoms with Crippen LogP contribution < -0.4 is 10.0 Å². The Hall–Kier alpha value is -5.16. The summed E-state index contributed by atoms with van der Waals surface area (Å²) >= 11 is 6.66. The first kappa shape index (κ1) is 45.9. The van der Waals surface area contributed by atoms with Gasteiger partial charge in [0.15, 0.2) is 5.82 Å². The summed E-state index contributed by atoms with van der Waals surface area (Å²) in [6.07, 6.45) is -2.58. The van der Waals surface area contributed by atoms with Gasteiger partial charge in [-0.3, -0.25) is 23.8 Å². The number of hydrogen-bond donors (Lipinski definition) is 2. The molecule has 0 spiro atoms. The number of nitrogens with zero attached hydrogens (tertiary/aromatic N) is 6. The first-order chi connectivity index (χ1) is 29.5. The molecule has 2 aliphatic rings. The van der Waals surface area contributed by atoms with Crippen molar-refractivity contribution in [2.45, 2.75) is 83.5 Å². The van der Waals surface area contributed by atoms with Crippen LogP contribution in [0.1, 0.15) is 86.9 Å². The average molecular weight is 919 g/mol. The second-order valence-corrected chi connectivity index (χ2v) is 18.8. The van der Waals surface area contributed by atoms with Crippen molar-refractivity contribution < 1.29 is 44.3 Å². The molecule has 4 heterocycles. The van der Waals surface area contributed by atoms with Gasteiger partial charge in [-0.2, -0.15) is 19.0 Å². The van der Waals surface area contributed by atoms with E-state index >= 15 is 8.78 Å². The molecule has 0 radical (unpaired) electrons. The predicted octanol–water partition coefficient (Wildman–Crippen LogP) is 7.87. The van der Waals surface area contributed by atoms with E-state index in [9.17, 15) is 30.8 Å². The minimum Gasteiger partial charge on any atom is -0.360 e. The number of carbonyl (C=O) groups excluding carboxylic acids is 1. The maximum absolute atomic E-state index is 15.7. The molecule has 1 aliphatic carbocycles. The highest BCUT2D eigenvalue weighted by Gasteiger charge is 2.55. The Balaban J connectivity index is 1.40. The first-order valence-electron chi connectivity index (χ1n) is 20.0. The summed E-state index contributed by atoms with van der Waals surface area (Å²) in [7, 11) is -2.29. The fourth-order valence-corrected chi connectivity index (χ4v) is 9.14. The van der Waals surface area contributed by atoms with Gasteiger partial charge in [0.25, 0.3) is 12.3 Å². The number of halogens is 7. The summed E-state index contributed by atoms with van der Waals surface area (Å²) in [5.74, 6) is -2.58. The number of aromatic nitrogens is 5. The number of morpholine rings is 1. The normalized spacial score (nSPS) is 20.5. The van der Waals surface area contributed by atoms with E-state index in [1.54, 1.807) is 25.2 Å². The number of amides is 1. The van der Waals surface area contributed by atoms with Crippen molar-refractivity contribution >= 4 is 44.3 Å². The van der Waals surface area contributed by atoms with Crippen molar-refractivity contribution in [1.29, 1.82) is 0 Å². The first-order valence-corrected chi connectivity index (χ1v) is 22.3. The summed E-state index contributed by atoms with van der Waals surface area (Å²) in [5.41, 5.74) is -1.54. The Kier molecular flexibility index (Phi) is 12.4. The molecule has 20 heteroatoms. The number of benzene rings is 2. The third-order valence-corrected chi connectivity index (χ3v) is 12.4. The number of nitrogens with one attached hydrogen (secondary N) is 2. The summed E-state index contributed by atoms with van der Waals surface area (Å²) in [4.78, 5) is 21.3. The van der Waals surface area contributed by atoms with Crippen LogP contribution in [0.2, 0.25) is 5.02 Å². The van der Waals surface area contributed by atoms with Crippen LogP contribution in [0.25, 0.3) is 22.0 Å². The maximum atomic E-state index is 15.7. The van der Waals surface area contributed by atoms with Crippen molar-refractivity contribution in [3.8, 4) is 23.0 Å². The molecule has 7 rings (SSSR count). The van der Waals surface area contributed by atoms with Crippen molar-refractivity contribution in [2.75, 3.05) is 30.7 Å². The van der Waals surface area contributed by atoms with E-state index in [2.05, 4.69) is 50.8 Å². The zero-order chi connectivity index (χ0) is 45.9. The van der Waals surface area contributed by atoms with Crippen LogP contribution in [0.3, 0.4) is 0 Å². The Morgan fingerprint density at radius 1 is 1.05 bits per heavy atom. The maximum Gasteiger partial charge on any atom is 0.292 e. The van der Waals surface area contributed by atoms with E-state index in [0.29, 0.717) is 47.1 Å². The molecule has 336 valence electrons. The SMILES string of the molecule is CC(C)N1CCO[C@](C)(C#Cc2ccc(-c3ccc(Cl)c4c(NS(C)(=O)=O)nn(C)c34)c([C@H](Cc3cc(F)cc(F)c3)NC(=O)Cn3nc(C(F)F)c4c3C(F)(F)[C@H](C)[C@@H]4C)n2)C1. The minimum absolute atomic E-state index is 0.0644. The van der Waals surface area contributed by atoms with Crippen LogP contribution in [0.4, 0.5) is 32.2 Å². The predicted molar refractivity (Wildman–Crippen MR) is 225 cm³/mol. The molecule has 5 aromatic rings. The molecule has 2 N–H and O–H groups in total. The van der Waals surface area contributed by atoms with Crippen LogP contribution in [0, 0.1) is 29.4 Å². The molecule has 63 heavy (non-hydrogen) atoms. The van der Waals surface area contributed by atoms with Crippen molar-refractivity contribution in [3.05, 3.63) is 93.0 Å². The van der Waals surface area contributed by atoms with Crippen molar-refractivity contribution in [3.63, 3.8) is 0 Å². The number of sulfonamides is 1. The molecule has 0 saturated carbocycles. The van der Waals surface area contributed by atoms with Gasteiger partial charge in [-0.05, 0) is 74.9 Å². The Labute approximate surface area is 365 Å². The van der Waals surface area contributed by atoms with Gasteiger partial charge < -0.3 is 10.1 Å². The van der Waals surface area contributed by atoms with E-state index in [1.807, 2.05) is 6.92 Å². The van der Waals surface area contributed by atoms with E-state index < -0.39 is 81.3 Å². The largest absolute Gasteiger partial charge is 0.360 e. The number of aryl methyl sites for hydroxylation is 1. The smallest absolute Gasteiger partial charge is 0.292 e. The lowest BCUT2D eigenvalue weighted by Crippen LogP contribution is -2.51. The van der Waals surface area contributed by atoms with Crippen LogP contribution in [-0.4, -0.2) is 81.4 Å². The number of hydrogen-bond acceptors (Lipinski definition) is 8. The van der Waals surface area contributed by atoms with Crippen LogP contribution >= 0.6 is 11.6 Å². The molecule has 4 atom stereocenters. The molecule has 1 fully saturated rings. The Morgan fingerprint density at radius 3 is 2.38 bits per heavy atom. The zero-order valence-electron chi connectivity index (χ0n) is 35.3. The molecule has 0 unspecified atom stereocenters. The second kappa shape index (κ2) is 17.1. The van der Waals surface area contributed by atoms with Crippen LogP contribution in [-0.2, 0) is 45.5 Å². The lowest BCUT2D eigenvalue weighted by atomic mass is 9.93. The van der Waals surface area contributed by atoms with E-state index in [0.717, 1.165) is 18.4 Å². The van der Waals surface area contributed by atoms with Gasteiger partial charge in [-0.15, -0.1) is 0 Å². The summed E-state index contributed by atoms with van der Waals surface area (Å²) < 4.78 is 125. The third kappa shape index (κ3) is 9.26. The second-order valence-electron chi connectivity index (χ2n) is 16.6. The Morgan fingerprint density at radius 2 is 1.73 bits per heavy atom. The molecule has 1 aliphatic heterocycles. The van der Waals surface area contributed by atoms with E-state index in [4.69, 9.17) is 21.3 Å². The number of alkyl halides is 4. The number of carbonyl (C=O) groups is 1. The molecule has 1 amide bonds. The molecule has 2 aromatic carbocycles. The lowest BCUT2D eigenvalue weighted by Gasteiger charge is -2.39. The van der Waals surface area contributed by atoms with Gasteiger partial charge in [-0.1, -0.05) is 37.4 Å². The Bertz CT molecular complexity index is 2770. The summed E-state index contributed by atoms with van der Waals surface area (Å²) in [6.45, 7) is 9.29. The van der Waals surface area contributed by atoms with Crippen molar-refractivity contribution in [1.82, 2.24) is 34.8 Å². The van der Waals surface area contributed by atoms with E-state index in [-0.39, 0.29) is 51.2 Å². The molecule has 12 nitrogen and oxygen atoms in total. The van der Waals surface area contributed by atoms with Crippen molar-refractivity contribution in [2.24, 2.45) is 13.0 Å². The highest BCUT2D eigenvalue weighted by atomic mass is 35.5. The number of anilines is 1. The fraction of sp³-hybridized carbons (Fsp3) is 0.442. The monoisotopic (exact) mass is 918 g/mol. The van der Waals surface area contributed by atoms with Gasteiger partial charge in [-0.25, -0.2) is 31.0 Å². The fourth-order valence-electron chi connectivity index (χ4n) is 8.40. The average Bonchev–Trinajstić information content (AvgIpc) is 3.78. The van der Waals surface area contributed by atoms with Gasteiger partial charge in [0.1, 0.15) is 40.9 Å². The van der Waals surface area contributed by atoms with Gasteiger partial charge in [0.05, 0.1) is 40.5 Å². The van der Waals surface area contributed by atoms with Crippen LogP contribution in [0.5, 0.6) is 0 Å². The zero-order valence-corrected chi connectivity index (χ0v) is 36.9. The van der Waals surface area contributed by atoms with Gasteiger partial charge in [0, 0.05) is 54.9 Å². The van der Waals surface area contributed by atoms with Gasteiger partial charge in [0.2, 0.25) is 15.9 Å². The number of rotatable bonds is 11. The highest BCUT2D eigenvalue weighted by molar-refractivity contribution is 7.92. The highest BCUT2D eigenvalue weighted by Crippen LogP contribution is 2.54. The molecular formula is C43H45ClF6N8O4S. The summed E-state index contributed by atoms with van der Waals surface area (Å²) in [6, 6.07) is 8.05. The van der Waals surface area contributed by atoms with E-state index in [1.165, 1.54) is 24.6 Å². The quantitative estimate of drug-likeness (QED) is 0.101. The number of ether oxygens (including phenoxy) is 1. The standard InChI is InChI=1S/C43H45ClF6N8O4S/c1-22(2)57-14-15-62-42(5,21-57)13-12-28-8-9-29(30-10-11-31(44)35-38(30)56(6)54-41(35)55-63(7,60)61)36(51-28)32(18-25-16-26(45)19-27(46)17-25)52-33(59)20-58-39-34(37(53-58)40(47)48)23(3)24(4)43(39,49)50/h8-11,16-17,19,22-24,32,40H,14-15,18,20-21H2,1-7H3,(H,52,59)(H,54,55)/t23-,24+,32-,42+/m0/s1. The molecule has 0 bridgehead atoms. The third-order valence-electron chi connectivity index (χ3n) is 11.6. The molecule has 3 aromatic heterocycles. The number of fused-ring (bicyclic) bond motifs is 2. The topological polar surface area (TPSA) is 136 Å². The lowest BCUT2D eigenvalue weighted by molar-refractivity contribution is -0.123.